The zero-order valence-corrected chi connectivity index (χ0v) is 13.6. The molecule has 2 saturated heterocycles. The molecule has 3 rings (SSSR count). The van der Waals surface area contributed by atoms with Crippen LogP contribution in [0.4, 0.5) is 5.69 Å². The Bertz CT molecular complexity index is 457. The van der Waals surface area contributed by atoms with Crippen LogP contribution in [0.2, 0.25) is 0 Å². The van der Waals surface area contributed by atoms with Crippen LogP contribution in [-0.2, 0) is 6.42 Å². The van der Waals surface area contributed by atoms with Crippen molar-refractivity contribution in [2.75, 3.05) is 37.6 Å². The van der Waals surface area contributed by atoms with Gasteiger partial charge in [0.1, 0.15) is 0 Å². The lowest BCUT2D eigenvalue weighted by atomic mass is 10.1. The normalized spacial score (nSPS) is 23.7. The Balaban J connectivity index is 1.67. The third-order valence-electron chi connectivity index (χ3n) is 4.61. The summed E-state index contributed by atoms with van der Waals surface area (Å²) in [5.41, 5.74) is 8.29. The summed E-state index contributed by atoms with van der Waals surface area (Å²) in [6, 6.07) is 7.45. The first-order chi connectivity index (χ1) is 9.78. The maximum Gasteiger partial charge on any atom is 0.0511 e. The van der Waals surface area contributed by atoms with Gasteiger partial charge in [-0.25, -0.2) is 0 Å². The van der Waals surface area contributed by atoms with Crippen molar-refractivity contribution >= 4 is 21.6 Å². The number of hydrogen-bond donors (Lipinski definition) is 1. The Morgan fingerprint density at radius 3 is 2.70 bits per heavy atom. The molecule has 2 aliphatic rings. The zero-order valence-electron chi connectivity index (χ0n) is 12.0. The van der Waals surface area contributed by atoms with E-state index in [4.69, 9.17) is 5.73 Å². The van der Waals surface area contributed by atoms with Crippen LogP contribution in [0, 0.1) is 0 Å². The van der Waals surface area contributed by atoms with Gasteiger partial charge in [-0.3, -0.25) is 4.90 Å². The minimum absolute atomic E-state index is 0.715. The largest absolute Gasteiger partial charge is 0.369 e. The standard InChI is InChI=1S/C16H24BrN3/c17-15-11-13(5-7-18)3-4-16(15)20-10-6-14(12-20)19-8-1-2-9-19/h3-4,11,14H,1-2,5-10,12,18H2. The van der Waals surface area contributed by atoms with Gasteiger partial charge < -0.3 is 10.6 Å². The molecule has 0 aromatic heterocycles. The molecule has 2 N–H and O–H groups in total. The van der Waals surface area contributed by atoms with Crippen LogP contribution in [0.1, 0.15) is 24.8 Å². The summed E-state index contributed by atoms with van der Waals surface area (Å²) in [4.78, 5) is 5.20. The van der Waals surface area contributed by atoms with Gasteiger partial charge >= 0.3 is 0 Å². The lowest BCUT2D eigenvalue weighted by Crippen LogP contribution is -2.35. The Kier molecular flexibility index (Phi) is 4.64. The average Bonchev–Trinajstić information content (AvgIpc) is 3.10. The maximum atomic E-state index is 5.63. The molecule has 20 heavy (non-hydrogen) atoms. The summed E-state index contributed by atoms with van der Waals surface area (Å²) in [7, 11) is 0. The van der Waals surface area contributed by atoms with Crippen molar-refractivity contribution in [1.82, 2.24) is 4.90 Å². The minimum Gasteiger partial charge on any atom is -0.369 e. The maximum absolute atomic E-state index is 5.63. The van der Waals surface area contributed by atoms with Gasteiger partial charge in [0, 0.05) is 23.6 Å². The van der Waals surface area contributed by atoms with Gasteiger partial charge in [0.15, 0.2) is 0 Å². The van der Waals surface area contributed by atoms with Crippen molar-refractivity contribution in [3.05, 3.63) is 28.2 Å². The summed E-state index contributed by atoms with van der Waals surface area (Å²) in [5, 5.41) is 0. The number of halogens is 1. The van der Waals surface area contributed by atoms with E-state index >= 15 is 0 Å². The predicted molar refractivity (Wildman–Crippen MR) is 88.3 cm³/mol. The van der Waals surface area contributed by atoms with Gasteiger partial charge in [-0.2, -0.15) is 0 Å². The molecule has 0 saturated carbocycles. The summed E-state index contributed by atoms with van der Waals surface area (Å²) in [6.07, 6.45) is 5.02. The molecule has 0 spiro atoms. The number of hydrogen-bond acceptors (Lipinski definition) is 3. The number of nitrogens with zero attached hydrogens (tertiary/aromatic N) is 2. The van der Waals surface area contributed by atoms with Crippen molar-refractivity contribution in [3.63, 3.8) is 0 Å². The summed E-state index contributed by atoms with van der Waals surface area (Å²) >= 11 is 3.73. The highest BCUT2D eigenvalue weighted by atomic mass is 79.9. The molecule has 2 aliphatic heterocycles. The van der Waals surface area contributed by atoms with Gasteiger partial charge in [0.05, 0.1) is 5.69 Å². The molecule has 1 aromatic carbocycles. The quantitative estimate of drug-likeness (QED) is 0.916. The van der Waals surface area contributed by atoms with E-state index < -0.39 is 0 Å². The molecule has 0 radical (unpaired) electrons. The van der Waals surface area contributed by atoms with Crippen molar-refractivity contribution in [3.8, 4) is 0 Å². The molecule has 1 atom stereocenters. The average molecular weight is 338 g/mol. The predicted octanol–water partition coefficient (Wildman–Crippen LogP) is 2.62. The van der Waals surface area contributed by atoms with Crippen LogP contribution in [-0.4, -0.2) is 43.7 Å². The second-order valence-electron chi connectivity index (χ2n) is 5.96. The molecule has 110 valence electrons. The third kappa shape index (κ3) is 3.02. The van der Waals surface area contributed by atoms with Crippen LogP contribution in [0.15, 0.2) is 22.7 Å². The first kappa shape index (κ1) is 14.4. The molecular formula is C16H24BrN3. The number of anilines is 1. The molecule has 1 unspecified atom stereocenters. The molecule has 3 nitrogen and oxygen atoms in total. The van der Waals surface area contributed by atoms with E-state index in [9.17, 15) is 0 Å². The van der Waals surface area contributed by atoms with Crippen LogP contribution in [0.3, 0.4) is 0 Å². The minimum atomic E-state index is 0.715. The molecule has 4 heteroatoms. The van der Waals surface area contributed by atoms with Crippen LogP contribution >= 0.6 is 15.9 Å². The van der Waals surface area contributed by atoms with E-state index in [-0.39, 0.29) is 0 Å². The monoisotopic (exact) mass is 337 g/mol. The molecule has 0 bridgehead atoms. The molecule has 2 fully saturated rings. The van der Waals surface area contributed by atoms with Crippen LogP contribution < -0.4 is 10.6 Å². The number of rotatable bonds is 4. The molecule has 0 aliphatic carbocycles. The van der Waals surface area contributed by atoms with Crippen molar-refractivity contribution in [2.45, 2.75) is 31.7 Å². The summed E-state index contributed by atoms with van der Waals surface area (Å²) in [5.74, 6) is 0. The fourth-order valence-corrected chi connectivity index (χ4v) is 4.17. The molecule has 0 amide bonds. The summed E-state index contributed by atoms with van der Waals surface area (Å²) < 4.78 is 1.21. The van der Waals surface area contributed by atoms with Crippen molar-refractivity contribution < 1.29 is 0 Å². The van der Waals surface area contributed by atoms with Crippen molar-refractivity contribution in [1.29, 1.82) is 0 Å². The second-order valence-corrected chi connectivity index (χ2v) is 6.81. The lowest BCUT2D eigenvalue weighted by molar-refractivity contribution is 0.260. The van der Waals surface area contributed by atoms with Crippen LogP contribution in [0.5, 0.6) is 0 Å². The molecule has 2 heterocycles. The van der Waals surface area contributed by atoms with E-state index in [1.807, 2.05) is 0 Å². The molecule has 1 aromatic rings. The summed E-state index contributed by atoms with van der Waals surface area (Å²) in [6.45, 7) is 5.67. The Hall–Kier alpha value is -0.580. The highest BCUT2D eigenvalue weighted by Crippen LogP contribution is 2.31. The highest BCUT2D eigenvalue weighted by Gasteiger charge is 2.29. The van der Waals surface area contributed by atoms with Gasteiger partial charge in [0.25, 0.3) is 0 Å². The van der Waals surface area contributed by atoms with Gasteiger partial charge in [-0.1, -0.05) is 6.07 Å². The van der Waals surface area contributed by atoms with Gasteiger partial charge in [-0.05, 0) is 78.9 Å². The lowest BCUT2D eigenvalue weighted by Gasteiger charge is -2.25. The Labute approximate surface area is 130 Å². The van der Waals surface area contributed by atoms with E-state index in [2.05, 4.69) is 43.9 Å². The fraction of sp³-hybridized carbons (Fsp3) is 0.625. The van der Waals surface area contributed by atoms with E-state index in [1.54, 1.807) is 0 Å². The van der Waals surface area contributed by atoms with E-state index in [0.29, 0.717) is 6.54 Å². The van der Waals surface area contributed by atoms with E-state index in [0.717, 1.165) is 12.5 Å². The van der Waals surface area contributed by atoms with Gasteiger partial charge in [0.2, 0.25) is 0 Å². The van der Waals surface area contributed by atoms with E-state index in [1.165, 1.54) is 61.2 Å². The highest BCUT2D eigenvalue weighted by molar-refractivity contribution is 9.10. The smallest absolute Gasteiger partial charge is 0.0511 e. The number of likely N-dealkylation sites (tertiary alicyclic amines) is 1. The topological polar surface area (TPSA) is 32.5 Å². The Morgan fingerprint density at radius 2 is 2.00 bits per heavy atom. The third-order valence-corrected chi connectivity index (χ3v) is 5.24. The van der Waals surface area contributed by atoms with Crippen molar-refractivity contribution in [2.24, 2.45) is 5.73 Å². The zero-order chi connectivity index (χ0) is 13.9. The SMILES string of the molecule is NCCc1ccc(N2CCC(N3CCCC3)C2)c(Br)c1. The number of nitrogens with two attached hydrogens (primary N) is 1. The first-order valence-electron chi connectivity index (χ1n) is 7.75. The molecular weight excluding hydrogens is 314 g/mol. The van der Waals surface area contributed by atoms with Gasteiger partial charge in [-0.15, -0.1) is 0 Å². The second kappa shape index (κ2) is 6.46. The number of benzene rings is 1. The first-order valence-corrected chi connectivity index (χ1v) is 8.55. The Morgan fingerprint density at radius 1 is 1.20 bits per heavy atom. The fourth-order valence-electron chi connectivity index (χ4n) is 3.49. The van der Waals surface area contributed by atoms with Crippen LogP contribution in [0.25, 0.3) is 0 Å².